The number of aliphatic hydroxyl groups excluding tert-OH is 1. The number of benzene rings is 2. The second-order valence-electron chi connectivity index (χ2n) is 6.06. The van der Waals surface area contributed by atoms with E-state index in [2.05, 4.69) is 43.4 Å². The fourth-order valence-electron chi connectivity index (χ4n) is 2.58. The van der Waals surface area contributed by atoms with Crippen molar-refractivity contribution >= 4 is 11.6 Å². The third-order valence-corrected chi connectivity index (χ3v) is 4.21. The third kappa shape index (κ3) is 4.67. The lowest BCUT2D eigenvalue weighted by atomic mass is 9.96. The Bertz CT molecular complexity index is 662. The zero-order valence-electron chi connectivity index (χ0n) is 14.1. The molecular formula is C20H25NO2. The molecule has 0 aromatic heterocycles. The van der Waals surface area contributed by atoms with E-state index >= 15 is 0 Å². The van der Waals surface area contributed by atoms with E-state index in [4.69, 9.17) is 0 Å². The van der Waals surface area contributed by atoms with E-state index in [1.165, 1.54) is 11.1 Å². The molecule has 23 heavy (non-hydrogen) atoms. The average molecular weight is 311 g/mol. The molecule has 0 heterocycles. The zero-order chi connectivity index (χ0) is 16.8. The standard InChI is InChI=1S/C20H25NO2/c1-4-16-7-9-18(10-8-16)15(3)11-20(23)21-19-12-17(13-22)6-5-14(19)2/h5-10,12,15,22H,4,11,13H2,1-3H3,(H,21,23). The summed E-state index contributed by atoms with van der Waals surface area (Å²) in [5.41, 5.74) is 5.06. The van der Waals surface area contributed by atoms with Gasteiger partial charge < -0.3 is 10.4 Å². The van der Waals surface area contributed by atoms with E-state index in [1.807, 2.05) is 25.1 Å². The molecule has 122 valence electrons. The fourth-order valence-corrected chi connectivity index (χ4v) is 2.58. The number of rotatable bonds is 6. The summed E-state index contributed by atoms with van der Waals surface area (Å²) in [6.45, 7) is 6.12. The van der Waals surface area contributed by atoms with Gasteiger partial charge >= 0.3 is 0 Å². The second-order valence-corrected chi connectivity index (χ2v) is 6.06. The van der Waals surface area contributed by atoms with Crippen molar-refractivity contribution < 1.29 is 9.90 Å². The number of hydrogen-bond acceptors (Lipinski definition) is 2. The van der Waals surface area contributed by atoms with Crippen molar-refractivity contribution in [1.82, 2.24) is 0 Å². The minimum Gasteiger partial charge on any atom is -0.392 e. The normalized spacial score (nSPS) is 12.0. The minimum atomic E-state index is -0.0245. The molecular weight excluding hydrogens is 286 g/mol. The maximum Gasteiger partial charge on any atom is 0.224 e. The molecule has 2 N–H and O–H groups in total. The Labute approximate surface area is 138 Å². The van der Waals surface area contributed by atoms with Crippen LogP contribution in [0.5, 0.6) is 0 Å². The van der Waals surface area contributed by atoms with Gasteiger partial charge in [-0.3, -0.25) is 4.79 Å². The summed E-state index contributed by atoms with van der Waals surface area (Å²) < 4.78 is 0. The van der Waals surface area contributed by atoms with Crippen molar-refractivity contribution in [3.05, 3.63) is 64.7 Å². The number of nitrogens with one attached hydrogen (secondary N) is 1. The maximum absolute atomic E-state index is 12.3. The Hall–Kier alpha value is -2.13. The molecule has 0 saturated heterocycles. The SMILES string of the molecule is CCc1ccc(C(C)CC(=O)Nc2cc(CO)ccc2C)cc1. The van der Waals surface area contributed by atoms with E-state index in [1.54, 1.807) is 0 Å². The molecule has 0 aliphatic rings. The molecule has 2 aromatic rings. The van der Waals surface area contributed by atoms with E-state index in [9.17, 15) is 9.90 Å². The van der Waals surface area contributed by atoms with Crippen LogP contribution in [0, 0.1) is 6.92 Å². The van der Waals surface area contributed by atoms with Crippen LogP contribution >= 0.6 is 0 Å². The van der Waals surface area contributed by atoms with Crippen LogP contribution < -0.4 is 5.32 Å². The van der Waals surface area contributed by atoms with Crippen molar-refractivity contribution in [2.75, 3.05) is 5.32 Å². The Morgan fingerprint density at radius 2 is 1.78 bits per heavy atom. The van der Waals surface area contributed by atoms with E-state index in [0.29, 0.717) is 6.42 Å². The smallest absolute Gasteiger partial charge is 0.224 e. The first-order valence-electron chi connectivity index (χ1n) is 8.12. The molecule has 1 amide bonds. The molecule has 1 atom stereocenters. The lowest BCUT2D eigenvalue weighted by Gasteiger charge is -2.14. The third-order valence-electron chi connectivity index (χ3n) is 4.21. The number of carbonyl (C=O) groups excluding carboxylic acids is 1. The number of amides is 1. The predicted octanol–water partition coefficient (Wildman–Crippen LogP) is 4.18. The van der Waals surface area contributed by atoms with Gasteiger partial charge in [-0.25, -0.2) is 0 Å². The molecule has 2 rings (SSSR count). The molecule has 3 nitrogen and oxygen atoms in total. The van der Waals surface area contributed by atoms with Crippen LogP contribution in [0.4, 0.5) is 5.69 Å². The summed E-state index contributed by atoms with van der Waals surface area (Å²) >= 11 is 0. The Kier molecular flexibility index (Phi) is 5.94. The molecule has 0 fully saturated rings. The molecule has 3 heteroatoms. The number of aliphatic hydroxyl groups is 1. The first kappa shape index (κ1) is 17.2. The summed E-state index contributed by atoms with van der Waals surface area (Å²) in [7, 11) is 0. The Balaban J connectivity index is 2.01. The summed E-state index contributed by atoms with van der Waals surface area (Å²) in [4.78, 5) is 12.3. The van der Waals surface area contributed by atoms with Crippen molar-refractivity contribution in [2.45, 2.75) is 46.1 Å². The average Bonchev–Trinajstić information content (AvgIpc) is 2.56. The first-order valence-corrected chi connectivity index (χ1v) is 8.12. The lowest BCUT2D eigenvalue weighted by molar-refractivity contribution is -0.116. The highest BCUT2D eigenvalue weighted by Crippen LogP contribution is 2.22. The summed E-state index contributed by atoms with van der Waals surface area (Å²) in [5, 5.41) is 12.2. The van der Waals surface area contributed by atoms with Gasteiger partial charge in [0.25, 0.3) is 0 Å². The van der Waals surface area contributed by atoms with Crippen molar-refractivity contribution in [1.29, 1.82) is 0 Å². The van der Waals surface area contributed by atoms with Crippen molar-refractivity contribution in [3.8, 4) is 0 Å². The highest BCUT2D eigenvalue weighted by Gasteiger charge is 2.12. The number of anilines is 1. The molecule has 0 aliphatic heterocycles. The second kappa shape index (κ2) is 7.93. The monoisotopic (exact) mass is 311 g/mol. The molecule has 2 aromatic carbocycles. The van der Waals surface area contributed by atoms with Gasteiger partial charge in [0.15, 0.2) is 0 Å². The van der Waals surface area contributed by atoms with Gasteiger partial charge in [-0.15, -0.1) is 0 Å². The molecule has 0 radical (unpaired) electrons. The van der Waals surface area contributed by atoms with Gasteiger partial charge in [0.2, 0.25) is 5.91 Å². The molecule has 0 bridgehead atoms. The number of aryl methyl sites for hydroxylation is 2. The van der Waals surface area contributed by atoms with Crippen molar-refractivity contribution in [2.24, 2.45) is 0 Å². The van der Waals surface area contributed by atoms with Crippen LogP contribution in [0.3, 0.4) is 0 Å². The Morgan fingerprint density at radius 3 is 2.39 bits per heavy atom. The van der Waals surface area contributed by atoms with Gasteiger partial charge in [0.1, 0.15) is 0 Å². The van der Waals surface area contributed by atoms with Crippen LogP contribution in [0.25, 0.3) is 0 Å². The van der Waals surface area contributed by atoms with E-state index < -0.39 is 0 Å². The highest BCUT2D eigenvalue weighted by atomic mass is 16.3. The lowest BCUT2D eigenvalue weighted by Crippen LogP contribution is -2.15. The molecule has 0 saturated carbocycles. The van der Waals surface area contributed by atoms with Gasteiger partial charge in [0.05, 0.1) is 6.61 Å². The summed E-state index contributed by atoms with van der Waals surface area (Å²) in [6.07, 6.45) is 1.46. The van der Waals surface area contributed by atoms with Crippen LogP contribution in [0.1, 0.15) is 48.4 Å². The summed E-state index contributed by atoms with van der Waals surface area (Å²) in [5.74, 6) is 0.164. The van der Waals surface area contributed by atoms with Crippen LogP contribution in [-0.2, 0) is 17.8 Å². The van der Waals surface area contributed by atoms with Gasteiger partial charge in [-0.05, 0) is 47.6 Å². The fraction of sp³-hybridized carbons (Fsp3) is 0.350. The largest absolute Gasteiger partial charge is 0.392 e. The van der Waals surface area contributed by atoms with Crippen molar-refractivity contribution in [3.63, 3.8) is 0 Å². The first-order chi connectivity index (χ1) is 11.0. The minimum absolute atomic E-state index is 0.00439. The predicted molar refractivity (Wildman–Crippen MR) is 94.6 cm³/mol. The van der Waals surface area contributed by atoms with Crippen LogP contribution in [0.15, 0.2) is 42.5 Å². The Morgan fingerprint density at radius 1 is 1.13 bits per heavy atom. The highest BCUT2D eigenvalue weighted by molar-refractivity contribution is 5.92. The molecule has 1 unspecified atom stereocenters. The van der Waals surface area contributed by atoms with Gasteiger partial charge in [-0.1, -0.05) is 50.2 Å². The quantitative estimate of drug-likeness (QED) is 0.840. The number of carbonyl (C=O) groups is 1. The van der Waals surface area contributed by atoms with Gasteiger partial charge in [0, 0.05) is 12.1 Å². The molecule has 0 aliphatic carbocycles. The van der Waals surface area contributed by atoms with Crippen LogP contribution in [0.2, 0.25) is 0 Å². The summed E-state index contributed by atoms with van der Waals surface area (Å²) in [6, 6.07) is 14.1. The topological polar surface area (TPSA) is 49.3 Å². The van der Waals surface area contributed by atoms with E-state index in [-0.39, 0.29) is 18.4 Å². The number of hydrogen-bond donors (Lipinski definition) is 2. The van der Waals surface area contributed by atoms with Crippen LogP contribution in [-0.4, -0.2) is 11.0 Å². The van der Waals surface area contributed by atoms with E-state index in [0.717, 1.165) is 23.2 Å². The molecule has 0 spiro atoms. The zero-order valence-corrected chi connectivity index (χ0v) is 14.1. The maximum atomic E-state index is 12.3. The van der Waals surface area contributed by atoms with Gasteiger partial charge in [-0.2, -0.15) is 0 Å².